The summed E-state index contributed by atoms with van der Waals surface area (Å²) in [6.07, 6.45) is -6.11. The highest BCUT2D eigenvalue weighted by molar-refractivity contribution is 9.10. The minimum absolute atomic E-state index is 0.0345. The quantitative estimate of drug-likeness (QED) is 0.811. The molecule has 0 unspecified atom stereocenters. The van der Waals surface area contributed by atoms with Crippen LogP contribution in [0.5, 0.6) is 0 Å². The van der Waals surface area contributed by atoms with Crippen LogP contribution < -0.4 is 4.72 Å². The summed E-state index contributed by atoms with van der Waals surface area (Å²) >= 11 is 2.90. The van der Waals surface area contributed by atoms with E-state index in [-0.39, 0.29) is 10.2 Å². The Labute approximate surface area is 116 Å². The highest BCUT2D eigenvalue weighted by atomic mass is 79.9. The Bertz CT molecular complexity index is 545. The molecule has 0 atom stereocenters. The van der Waals surface area contributed by atoms with Gasteiger partial charge in [0.15, 0.2) is 0 Å². The zero-order valence-corrected chi connectivity index (χ0v) is 11.9. The maximum Gasteiger partial charge on any atom is 0.389 e. The van der Waals surface area contributed by atoms with E-state index >= 15 is 0 Å². The molecule has 1 rings (SSSR count). The van der Waals surface area contributed by atoms with Crippen LogP contribution in [0.3, 0.4) is 0 Å². The molecule has 0 aromatic heterocycles. The molecule has 0 bridgehead atoms. The van der Waals surface area contributed by atoms with Gasteiger partial charge >= 0.3 is 6.18 Å². The van der Waals surface area contributed by atoms with E-state index in [1.807, 2.05) is 4.72 Å². The average Bonchev–Trinajstić information content (AvgIpc) is 2.20. The molecule has 3 nitrogen and oxygen atoms in total. The molecule has 0 amide bonds. The summed E-state index contributed by atoms with van der Waals surface area (Å²) in [4.78, 5) is 0. The molecule has 0 aliphatic rings. The highest BCUT2D eigenvalue weighted by Gasteiger charge is 2.27. The van der Waals surface area contributed by atoms with Crippen LogP contribution in [-0.4, -0.2) is 20.3 Å². The largest absolute Gasteiger partial charge is 0.389 e. The summed E-state index contributed by atoms with van der Waals surface area (Å²) in [6, 6.07) is 3.53. The summed E-state index contributed by atoms with van der Waals surface area (Å²) in [6.45, 7) is 0. The average molecular weight is 364 g/mol. The van der Waals surface area contributed by atoms with Gasteiger partial charge in [-0.1, -0.05) is 0 Å². The van der Waals surface area contributed by atoms with Gasteiger partial charge in [-0.05, 0) is 40.5 Å². The first-order valence-corrected chi connectivity index (χ1v) is 7.56. The first-order chi connectivity index (χ1) is 8.59. The SMILES string of the molecule is O=S(=O)(CCCC(F)(F)F)Nc1ccc(Br)c(F)c1. The molecule has 108 valence electrons. The van der Waals surface area contributed by atoms with Crippen molar-refractivity contribution in [3.63, 3.8) is 0 Å². The molecule has 19 heavy (non-hydrogen) atoms. The number of hydrogen-bond donors (Lipinski definition) is 1. The first-order valence-electron chi connectivity index (χ1n) is 5.11. The first kappa shape index (κ1) is 16.2. The van der Waals surface area contributed by atoms with Crippen LogP contribution >= 0.6 is 15.9 Å². The monoisotopic (exact) mass is 363 g/mol. The Hall–Kier alpha value is -0.830. The molecule has 0 heterocycles. The number of halogens is 5. The summed E-state index contributed by atoms with van der Waals surface area (Å²) in [7, 11) is -3.92. The fourth-order valence-electron chi connectivity index (χ4n) is 1.25. The summed E-state index contributed by atoms with van der Waals surface area (Å²) in [5.41, 5.74) is -0.0345. The summed E-state index contributed by atoms with van der Waals surface area (Å²) < 4.78 is 73.9. The van der Waals surface area contributed by atoms with E-state index in [0.717, 1.165) is 6.07 Å². The van der Waals surface area contributed by atoms with E-state index in [1.54, 1.807) is 0 Å². The van der Waals surface area contributed by atoms with E-state index in [4.69, 9.17) is 0 Å². The lowest BCUT2D eigenvalue weighted by Gasteiger charge is -2.09. The Kier molecular flexibility index (Phi) is 5.19. The van der Waals surface area contributed by atoms with Crippen molar-refractivity contribution in [2.75, 3.05) is 10.5 Å². The van der Waals surface area contributed by atoms with Crippen LogP contribution in [0.2, 0.25) is 0 Å². The lowest BCUT2D eigenvalue weighted by Crippen LogP contribution is -2.18. The highest BCUT2D eigenvalue weighted by Crippen LogP contribution is 2.23. The molecule has 0 saturated heterocycles. The number of nitrogens with one attached hydrogen (secondary N) is 1. The maximum atomic E-state index is 13.1. The van der Waals surface area contributed by atoms with Crippen molar-refractivity contribution < 1.29 is 26.0 Å². The molecule has 1 aromatic carbocycles. The van der Waals surface area contributed by atoms with Gasteiger partial charge in [-0.15, -0.1) is 0 Å². The van der Waals surface area contributed by atoms with Crippen molar-refractivity contribution in [3.05, 3.63) is 28.5 Å². The molecule has 9 heteroatoms. The van der Waals surface area contributed by atoms with Crippen LogP contribution in [0.15, 0.2) is 22.7 Å². The summed E-state index contributed by atoms with van der Waals surface area (Å²) in [5, 5.41) is 0. The number of hydrogen-bond acceptors (Lipinski definition) is 2. The molecule has 0 spiro atoms. The van der Waals surface area contributed by atoms with Crippen molar-refractivity contribution in [1.29, 1.82) is 0 Å². The van der Waals surface area contributed by atoms with E-state index in [1.165, 1.54) is 12.1 Å². The van der Waals surface area contributed by atoms with Crippen LogP contribution in [0.4, 0.5) is 23.2 Å². The van der Waals surface area contributed by atoms with Gasteiger partial charge < -0.3 is 0 Å². The van der Waals surface area contributed by atoms with Crippen molar-refractivity contribution in [2.45, 2.75) is 19.0 Å². The molecular formula is C10H10BrF4NO2S. The van der Waals surface area contributed by atoms with Gasteiger partial charge in [0.25, 0.3) is 0 Å². The number of alkyl halides is 3. The topological polar surface area (TPSA) is 46.2 Å². The minimum atomic E-state index is -4.39. The normalized spacial score (nSPS) is 12.5. The maximum absolute atomic E-state index is 13.1. The molecule has 0 saturated carbocycles. The van der Waals surface area contributed by atoms with Gasteiger partial charge in [-0.3, -0.25) is 4.72 Å². The standard InChI is InChI=1S/C10H10BrF4NO2S/c11-8-3-2-7(6-9(8)12)16-19(17,18)5-1-4-10(13,14)15/h2-3,6,16H,1,4-5H2. The number of sulfonamides is 1. The zero-order chi connectivity index (χ0) is 14.7. The molecule has 0 aliphatic heterocycles. The van der Waals surface area contributed by atoms with E-state index in [2.05, 4.69) is 15.9 Å². The van der Waals surface area contributed by atoms with Gasteiger partial charge in [-0.2, -0.15) is 13.2 Å². The minimum Gasteiger partial charge on any atom is -0.283 e. The van der Waals surface area contributed by atoms with Crippen molar-refractivity contribution >= 4 is 31.6 Å². The lowest BCUT2D eigenvalue weighted by molar-refractivity contribution is -0.134. The Balaban J connectivity index is 2.61. The Morgan fingerprint density at radius 2 is 1.89 bits per heavy atom. The van der Waals surface area contributed by atoms with Gasteiger partial charge in [0.2, 0.25) is 10.0 Å². The number of rotatable bonds is 5. The second kappa shape index (κ2) is 6.08. The fourth-order valence-corrected chi connectivity index (χ4v) is 2.61. The third kappa shape index (κ3) is 6.24. The Morgan fingerprint density at radius 1 is 1.26 bits per heavy atom. The van der Waals surface area contributed by atoms with Gasteiger partial charge in [-0.25, -0.2) is 12.8 Å². The molecule has 0 fully saturated rings. The van der Waals surface area contributed by atoms with E-state index in [9.17, 15) is 26.0 Å². The van der Waals surface area contributed by atoms with Crippen molar-refractivity contribution in [2.24, 2.45) is 0 Å². The van der Waals surface area contributed by atoms with Gasteiger partial charge in [0.05, 0.1) is 15.9 Å². The number of anilines is 1. The molecule has 0 aliphatic carbocycles. The third-order valence-electron chi connectivity index (χ3n) is 2.07. The van der Waals surface area contributed by atoms with Crippen LogP contribution in [0.1, 0.15) is 12.8 Å². The van der Waals surface area contributed by atoms with E-state index < -0.39 is 40.6 Å². The van der Waals surface area contributed by atoms with Crippen molar-refractivity contribution in [1.82, 2.24) is 0 Å². The van der Waals surface area contributed by atoms with Crippen molar-refractivity contribution in [3.8, 4) is 0 Å². The second-order valence-electron chi connectivity index (χ2n) is 3.77. The van der Waals surface area contributed by atoms with Gasteiger partial charge in [0, 0.05) is 6.42 Å². The molecule has 0 radical (unpaired) electrons. The predicted octanol–water partition coefficient (Wildman–Crippen LogP) is 3.67. The fraction of sp³-hybridized carbons (Fsp3) is 0.400. The third-order valence-corrected chi connectivity index (χ3v) is 4.08. The van der Waals surface area contributed by atoms with Crippen LogP contribution in [0.25, 0.3) is 0 Å². The van der Waals surface area contributed by atoms with E-state index in [0.29, 0.717) is 0 Å². The molecular weight excluding hydrogens is 354 g/mol. The lowest BCUT2D eigenvalue weighted by atomic mass is 10.3. The zero-order valence-electron chi connectivity index (χ0n) is 9.47. The predicted molar refractivity (Wildman–Crippen MR) is 66.8 cm³/mol. The smallest absolute Gasteiger partial charge is 0.283 e. The molecule has 1 N–H and O–H groups in total. The van der Waals surface area contributed by atoms with Crippen LogP contribution in [0, 0.1) is 5.82 Å². The Morgan fingerprint density at radius 3 is 2.42 bits per heavy atom. The number of benzene rings is 1. The summed E-state index contributed by atoms with van der Waals surface area (Å²) in [5.74, 6) is -1.35. The second-order valence-corrected chi connectivity index (χ2v) is 6.46. The van der Waals surface area contributed by atoms with Crippen LogP contribution in [-0.2, 0) is 10.0 Å². The molecule has 1 aromatic rings. The van der Waals surface area contributed by atoms with Gasteiger partial charge in [0.1, 0.15) is 5.82 Å².